The summed E-state index contributed by atoms with van der Waals surface area (Å²) in [5.74, 6) is -2.29. The van der Waals surface area contributed by atoms with E-state index in [1.54, 1.807) is 7.11 Å². The van der Waals surface area contributed by atoms with Gasteiger partial charge in [0.25, 0.3) is 0 Å². The highest BCUT2D eigenvalue weighted by atomic mass is 32.2. The molecule has 2 aliphatic rings. The van der Waals surface area contributed by atoms with Crippen molar-refractivity contribution < 1.29 is 27.9 Å². The standard InChI is InChI=1S/C18H22N2O6S/c1-26-17-5-3-2-4-15(17)19-8-10-20(11-9-19)27(24,25)13-6-7-16(21)14(12-13)18(22)23/h2-6,14H,7-12H2,1H3,(H,22,23)/t14-/m0/s1. The van der Waals surface area contributed by atoms with Crippen LogP contribution < -0.4 is 9.64 Å². The van der Waals surface area contributed by atoms with Gasteiger partial charge in [-0.3, -0.25) is 9.59 Å². The van der Waals surface area contributed by atoms with E-state index in [0.717, 1.165) is 11.4 Å². The van der Waals surface area contributed by atoms with Gasteiger partial charge in [0.1, 0.15) is 11.7 Å². The van der Waals surface area contributed by atoms with Crippen molar-refractivity contribution in [3.63, 3.8) is 0 Å². The van der Waals surface area contributed by atoms with Crippen molar-refractivity contribution in [1.82, 2.24) is 4.31 Å². The fourth-order valence-corrected chi connectivity index (χ4v) is 5.06. The Balaban J connectivity index is 1.72. The predicted octanol–water partition coefficient (Wildman–Crippen LogP) is 1.09. The van der Waals surface area contributed by atoms with Crippen LogP contribution in [0.15, 0.2) is 35.2 Å². The number of ketones is 1. The molecule has 1 aliphatic carbocycles. The van der Waals surface area contributed by atoms with Crippen molar-refractivity contribution in [2.45, 2.75) is 12.8 Å². The second-order valence-electron chi connectivity index (χ2n) is 6.50. The zero-order chi connectivity index (χ0) is 19.6. The Bertz CT molecular complexity index is 872. The Morgan fingerprint density at radius 2 is 1.85 bits per heavy atom. The Morgan fingerprint density at radius 1 is 1.19 bits per heavy atom. The van der Waals surface area contributed by atoms with Gasteiger partial charge in [-0.1, -0.05) is 18.2 Å². The smallest absolute Gasteiger partial charge is 0.314 e. The normalized spacial score (nSPS) is 21.7. The number of carbonyl (C=O) groups excluding carboxylic acids is 1. The first-order valence-electron chi connectivity index (χ1n) is 8.67. The Hall–Kier alpha value is -2.39. The molecule has 0 aromatic heterocycles. The van der Waals surface area contributed by atoms with E-state index in [4.69, 9.17) is 9.84 Å². The van der Waals surface area contributed by atoms with Gasteiger partial charge < -0.3 is 14.7 Å². The number of anilines is 1. The van der Waals surface area contributed by atoms with E-state index in [2.05, 4.69) is 4.90 Å². The first-order valence-corrected chi connectivity index (χ1v) is 10.1. The number of sulfonamides is 1. The number of carbonyl (C=O) groups is 2. The third-order valence-electron chi connectivity index (χ3n) is 4.96. The van der Waals surface area contributed by atoms with Crippen molar-refractivity contribution in [1.29, 1.82) is 0 Å². The molecule has 1 heterocycles. The maximum Gasteiger partial charge on any atom is 0.314 e. The van der Waals surface area contributed by atoms with E-state index in [0.29, 0.717) is 13.1 Å². The molecular weight excluding hydrogens is 372 g/mol. The lowest BCUT2D eigenvalue weighted by atomic mass is 9.93. The maximum atomic E-state index is 12.9. The molecule has 1 N–H and O–H groups in total. The lowest BCUT2D eigenvalue weighted by Gasteiger charge is -2.36. The Labute approximate surface area is 158 Å². The Morgan fingerprint density at radius 3 is 2.48 bits per heavy atom. The molecule has 9 heteroatoms. The molecule has 0 radical (unpaired) electrons. The third-order valence-corrected chi connectivity index (χ3v) is 7.00. The first-order chi connectivity index (χ1) is 12.8. The molecule has 0 saturated carbocycles. The van der Waals surface area contributed by atoms with E-state index in [1.807, 2.05) is 24.3 Å². The van der Waals surface area contributed by atoms with Crippen LogP contribution in [0.1, 0.15) is 12.8 Å². The summed E-state index contributed by atoms with van der Waals surface area (Å²) >= 11 is 0. The van der Waals surface area contributed by atoms with E-state index >= 15 is 0 Å². The highest BCUT2D eigenvalue weighted by Gasteiger charge is 2.37. The highest BCUT2D eigenvalue weighted by Crippen LogP contribution is 2.31. The second kappa shape index (κ2) is 7.69. The number of nitrogens with zero attached hydrogens (tertiary/aromatic N) is 2. The monoisotopic (exact) mass is 394 g/mol. The molecule has 0 unspecified atom stereocenters. The molecule has 1 aromatic rings. The van der Waals surface area contributed by atoms with Crippen LogP contribution >= 0.6 is 0 Å². The molecule has 27 heavy (non-hydrogen) atoms. The summed E-state index contributed by atoms with van der Waals surface area (Å²) in [6.45, 7) is 1.55. The summed E-state index contributed by atoms with van der Waals surface area (Å²) in [5.41, 5.74) is 0.908. The molecule has 1 fully saturated rings. The molecule has 0 spiro atoms. The van der Waals surface area contributed by atoms with Crippen LogP contribution in [-0.4, -0.2) is 62.9 Å². The van der Waals surface area contributed by atoms with Crippen LogP contribution in [0.3, 0.4) is 0 Å². The zero-order valence-electron chi connectivity index (χ0n) is 15.0. The van der Waals surface area contributed by atoms with E-state index < -0.39 is 27.7 Å². The minimum atomic E-state index is -3.78. The van der Waals surface area contributed by atoms with Crippen molar-refractivity contribution in [2.24, 2.45) is 5.92 Å². The van der Waals surface area contributed by atoms with E-state index in [1.165, 1.54) is 10.4 Å². The summed E-state index contributed by atoms with van der Waals surface area (Å²) in [5, 5.41) is 9.14. The average Bonchev–Trinajstić information content (AvgIpc) is 2.68. The number of hydrogen-bond donors (Lipinski definition) is 1. The Kier molecular flexibility index (Phi) is 5.52. The second-order valence-corrected chi connectivity index (χ2v) is 8.49. The SMILES string of the molecule is COc1ccccc1N1CCN(S(=O)(=O)C2=CCC(=O)[C@@H](C(=O)O)C2)CC1. The molecular formula is C18H22N2O6S. The molecule has 0 amide bonds. The molecule has 1 saturated heterocycles. The van der Waals surface area contributed by atoms with Gasteiger partial charge in [0.05, 0.1) is 17.7 Å². The fourth-order valence-electron chi connectivity index (χ4n) is 3.42. The number of piperazine rings is 1. The summed E-state index contributed by atoms with van der Waals surface area (Å²) in [7, 11) is -2.18. The van der Waals surface area contributed by atoms with Crippen molar-refractivity contribution in [2.75, 3.05) is 38.2 Å². The number of rotatable bonds is 5. The van der Waals surface area contributed by atoms with Crippen LogP contribution in [0.2, 0.25) is 0 Å². The number of ether oxygens (including phenoxy) is 1. The number of carboxylic acids is 1. The topological polar surface area (TPSA) is 104 Å². The largest absolute Gasteiger partial charge is 0.495 e. The van der Waals surface area contributed by atoms with Gasteiger partial charge in [-0.2, -0.15) is 4.31 Å². The van der Waals surface area contributed by atoms with Crippen LogP contribution in [0.5, 0.6) is 5.75 Å². The van der Waals surface area contributed by atoms with E-state index in [9.17, 15) is 18.0 Å². The molecule has 3 rings (SSSR count). The third kappa shape index (κ3) is 3.84. The minimum absolute atomic E-state index is 0.0280. The number of hydrogen-bond acceptors (Lipinski definition) is 6. The molecule has 8 nitrogen and oxygen atoms in total. The highest BCUT2D eigenvalue weighted by molar-refractivity contribution is 7.93. The van der Waals surface area contributed by atoms with Crippen LogP contribution in [0, 0.1) is 5.92 Å². The first kappa shape index (κ1) is 19.4. The number of allylic oxidation sites excluding steroid dienone is 2. The number of aliphatic carboxylic acids is 1. The molecule has 146 valence electrons. The fraction of sp³-hybridized carbons (Fsp3) is 0.444. The summed E-state index contributed by atoms with van der Waals surface area (Å²) in [6.07, 6.45) is 0.916. The van der Waals surface area contributed by atoms with Gasteiger partial charge in [0.2, 0.25) is 10.0 Å². The number of para-hydroxylation sites is 2. The van der Waals surface area contributed by atoms with Crippen LogP contribution in [-0.2, 0) is 19.6 Å². The van der Waals surface area contributed by atoms with Gasteiger partial charge in [-0.05, 0) is 12.1 Å². The quantitative estimate of drug-likeness (QED) is 0.746. The molecule has 1 atom stereocenters. The van der Waals surface area contributed by atoms with Crippen LogP contribution in [0.25, 0.3) is 0 Å². The van der Waals surface area contributed by atoms with Gasteiger partial charge in [-0.15, -0.1) is 0 Å². The van der Waals surface area contributed by atoms with Crippen molar-refractivity contribution in [3.05, 3.63) is 35.2 Å². The predicted molar refractivity (Wildman–Crippen MR) is 99.1 cm³/mol. The molecule has 1 aliphatic heterocycles. The summed E-state index contributed by atoms with van der Waals surface area (Å²) < 4.78 is 32.5. The number of carboxylic acid groups (broad SMARTS) is 1. The van der Waals surface area contributed by atoms with Crippen LogP contribution in [0.4, 0.5) is 5.69 Å². The number of methoxy groups -OCH3 is 1. The van der Waals surface area contributed by atoms with Gasteiger partial charge in [0, 0.05) is 39.0 Å². The van der Waals surface area contributed by atoms with Crippen molar-refractivity contribution >= 4 is 27.5 Å². The molecule has 1 aromatic carbocycles. The minimum Gasteiger partial charge on any atom is -0.495 e. The summed E-state index contributed by atoms with van der Waals surface area (Å²) in [6, 6.07) is 7.56. The lowest BCUT2D eigenvalue weighted by Crippen LogP contribution is -2.49. The van der Waals surface area contributed by atoms with Gasteiger partial charge in [0.15, 0.2) is 5.78 Å². The van der Waals surface area contributed by atoms with E-state index in [-0.39, 0.29) is 30.8 Å². The maximum absolute atomic E-state index is 12.9. The average molecular weight is 394 g/mol. The number of Topliss-reactive ketones (excluding diaryl/α,β-unsaturated/α-hetero) is 1. The lowest BCUT2D eigenvalue weighted by molar-refractivity contribution is -0.146. The number of benzene rings is 1. The molecule has 0 bridgehead atoms. The van der Waals surface area contributed by atoms with Gasteiger partial charge in [-0.25, -0.2) is 8.42 Å². The van der Waals surface area contributed by atoms with Crippen molar-refractivity contribution in [3.8, 4) is 5.75 Å². The zero-order valence-corrected chi connectivity index (χ0v) is 15.8. The summed E-state index contributed by atoms with van der Waals surface area (Å²) in [4.78, 5) is 25.0. The van der Waals surface area contributed by atoms with Gasteiger partial charge >= 0.3 is 5.97 Å².